The molecule has 1 aromatic rings. The van der Waals surface area contributed by atoms with Crippen LogP contribution >= 0.6 is 15.9 Å². The number of nitrogens with one attached hydrogen (secondary N) is 1. The largest absolute Gasteiger partial charge is 0.391 e. The van der Waals surface area contributed by atoms with Gasteiger partial charge in [-0.25, -0.2) is 0 Å². The van der Waals surface area contributed by atoms with Crippen LogP contribution in [0.2, 0.25) is 0 Å². The van der Waals surface area contributed by atoms with Crippen LogP contribution in [0.1, 0.15) is 32.3 Å². The molecule has 98 valence electrons. The Morgan fingerprint density at radius 1 is 1.39 bits per heavy atom. The Morgan fingerprint density at radius 3 is 2.61 bits per heavy atom. The second kappa shape index (κ2) is 7.40. The van der Waals surface area contributed by atoms with Gasteiger partial charge in [0.1, 0.15) is 6.07 Å². The topological polar surface area (TPSA) is 56.0 Å². The number of nitrogens with zero attached hydrogens (tertiary/aromatic N) is 1. The number of nitriles is 1. The fourth-order valence-electron chi connectivity index (χ4n) is 2.00. The summed E-state index contributed by atoms with van der Waals surface area (Å²) in [5.41, 5.74) is 1.34. The van der Waals surface area contributed by atoms with Gasteiger partial charge in [0.2, 0.25) is 0 Å². The van der Waals surface area contributed by atoms with E-state index in [1.54, 1.807) is 0 Å². The average molecular weight is 311 g/mol. The molecule has 0 aliphatic rings. The Balaban J connectivity index is 2.70. The van der Waals surface area contributed by atoms with Crippen LogP contribution in [0.25, 0.3) is 0 Å². The number of aliphatic hydroxyl groups is 1. The molecule has 1 aromatic carbocycles. The summed E-state index contributed by atoms with van der Waals surface area (Å²) < 4.78 is 0.770. The summed E-state index contributed by atoms with van der Waals surface area (Å²) in [4.78, 5) is 0. The number of aliphatic hydroxyl groups excluding tert-OH is 1. The summed E-state index contributed by atoms with van der Waals surface area (Å²) in [7, 11) is 0. The predicted molar refractivity (Wildman–Crippen MR) is 77.4 cm³/mol. The van der Waals surface area contributed by atoms with Gasteiger partial charge in [0, 0.05) is 11.0 Å². The zero-order chi connectivity index (χ0) is 13.5. The molecule has 1 rings (SSSR count). The number of hydrogen-bond donors (Lipinski definition) is 2. The van der Waals surface area contributed by atoms with Crippen molar-refractivity contribution in [3.05, 3.63) is 28.2 Å². The van der Waals surface area contributed by atoms with Crippen molar-refractivity contribution in [2.45, 2.75) is 32.8 Å². The monoisotopic (exact) mass is 310 g/mol. The van der Waals surface area contributed by atoms with Crippen LogP contribution in [0, 0.1) is 17.2 Å². The fraction of sp³-hybridized carbons (Fsp3) is 0.500. The van der Waals surface area contributed by atoms with Crippen LogP contribution in [-0.2, 0) is 0 Å². The third-order valence-electron chi connectivity index (χ3n) is 3.22. The normalized spacial score (nSPS) is 12.2. The van der Waals surface area contributed by atoms with Crippen LogP contribution in [0.15, 0.2) is 22.7 Å². The van der Waals surface area contributed by atoms with Crippen molar-refractivity contribution >= 4 is 21.6 Å². The molecule has 18 heavy (non-hydrogen) atoms. The molecule has 0 aliphatic heterocycles. The second-order valence-corrected chi connectivity index (χ2v) is 5.15. The Bertz CT molecular complexity index is 424. The molecule has 0 spiro atoms. The molecule has 0 fully saturated rings. The van der Waals surface area contributed by atoms with Crippen LogP contribution in [0.3, 0.4) is 0 Å². The van der Waals surface area contributed by atoms with Gasteiger partial charge in [-0.1, -0.05) is 32.8 Å². The molecule has 0 bridgehead atoms. The zero-order valence-corrected chi connectivity index (χ0v) is 12.4. The molecular formula is C14H19BrN2O. The third-order valence-corrected chi connectivity index (χ3v) is 3.88. The molecule has 3 nitrogen and oxygen atoms in total. The van der Waals surface area contributed by atoms with E-state index < -0.39 is 0 Å². The quantitative estimate of drug-likeness (QED) is 0.845. The van der Waals surface area contributed by atoms with Crippen molar-refractivity contribution in [2.24, 2.45) is 5.92 Å². The van der Waals surface area contributed by atoms with E-state index in [1.165, 1.54) is 0 Å². The first kappa shape index (κ1) is 15.0. The van der Waals surface area contributed by atoms with Crippen molar-refractivity contribution in [3.8, 4) is 6.07 Å². The summed E-state index contributed by atoms with van der Waals surface area (Å²) >= 11 is 3.35. The number of halogens is 1. The molecule has 0 saturated carbocycles. The average Bonchev–Trinajstić information content (AvgIpc) is 2.37. The van der Waals surface area contributed by atoms with Gasteiger partial charge in [0.15, 0.2) is 0 Å². The highest BCUT2D eigenvalue weighted by molar-refractivity contribution is 9.10. The lowest BCUT2D eigenvalue weighted by Crippen LogP contribution is -2.27. The highest BCUT2D eigenvalue weighted by Crippen LogP contribution is 2.24. The molecule has 4 heteroatoms. The van der Waals surface area contributed by atoms with Crippen molar-refractivity contribution in [2.75, 3.05) is 11.9 Å². The molecule has 0 saturated heterocycles. The standard InChI is InChI=1S/C14H19BrN2O/c1-3-10(4-2)14(18)9-17-13-7-5-6-12(15)11(13)8-16/h5-7,10,14,17-18H,3-4,9H2,1-2H3. The lowest BCUT2D eigenvalue weighted by atomic mass is 9.96. The van der Waals surface area contributed by atoms with Gasteiger partial charge in [-0.05, 0) is 34.0 Å². The van der Waals surface area contributed by atoms with E-state index in [4.69, 9.17) is 5.26 Å². The predicted octanol–water partition coefficient (Wildman–Crippen LogP) is 3.53. The van der Waals surface area contributed by atoms with Crippen LogP contribution in [0.5, 0.6) is 0 Å². The molecule has 0 heterocycles. The first-order valence-electron chi connectivity index (χ1n) is 6.24. The van der Waals surface area contributed by atoms with Gasteiger partial charge >= 0.3 is 0 Å². The molecule has 1 atom stereocenters. The van der Waals surface area contributed by atoms with E-state index in [0.29, 0.717) is 18.0 Å². The maximum Gasteiger partial charge on any atom is 0.103 e. The molecular weight excluding hydrogens is 292 g/mol. The minimum atomic E-state index is -0.384. The Labute approximate surface area is 117 Å². The number of benzene rings is 1. The second-order valence-electron chi connectivity index (χ2n) is 4.30. The first-order valence-corrected chi connectivity index (χ1v) is 7.03. The van der Waals surface area contributed by atoms with Gasteiger partial charge in [-0.2, -0.15) is 5.26 Å². The summed E-state index contributed by atoms with van der Waals surface area (Å²) in [5, 5.41) is 22.3. The lowest BCUT2D eigenvalue weighted by Gasteiger charge is -2.21. The van der Waals surface area contributed by atoms with Crippen LogP contribution < -0.4 is 5.32 Å². The number of anilines is 1. The van der Waals surface area contributed by atoms with Crippen molar-refractivity contribution < 1.29 is 5.11 Å². The fourth-order valence-corrected chi connectivity index (χ4v) is 2.45. The van der Waals surface area contributed by atoms with Crippen molar-refractivity contribution in [1.82, 2.24) is 0 Å². The lowest BCUT2D eigenvalue weighted by molar-refractivity contribution is 0.114. The molecule has 0 aromatic heterocycles. The Hall–Kier alpha value is -1.05. The van der Waals surface area contributed by atoms with E-state index in [2.05, 4.69) is 41.2 Å². The maximum atomic E-state index is 10.0. The molecule has 2 N–H and O–H groups in total. The van der Waals surface area contributed by atoms with E-state index in [9.17, 15) is 5.11 Å². The highest BCUT2D eigenvalue weighted by Gasteiger charge is 2.15. The third kappa shape index (κ3) is 3.72. The van der Waals surface area contributed by atoms with Crippen LogP contribution in [-0.4, -0.2) is 17.8 Å². The summed E-state index contributed by atoms with van der Waals surface area (Å²) in [6, 6.07) is 7.71. The molecule has 0 radical (unpaired) electrons. The van der Waals surface area contributed by atoms with Gasteiger partial charge in [0.25, 0.3) is 0 Å². The summed E-state index contributed by atoms with van der Waals surface area (Å²) in [6.45, 7) is 4.63. The minimum absolute atomic E-state index is 0.301. The summed E-state index contributed by atoms with van der Waals surface area (Å²) in [6.07, 6.45) is 1.54. The molecule has 1 unspecified atom stereocenters. The van der Waals surface area contributed by atoms with Gasteiger partial charge < -0.3 is 10.4 Å². The van der Waals surface area contributed by atoms with Gasteiger partial charge in [-0.15, -0.1) is 0 Å². The van der Waals surface area contributed by atoms with E-state index in [-0.39, 0.29) is 6.10 Å². The summed E-state index contributed by atoms with van der Waals surface area (Å²) in [5.74, 6) is 0.301. The van der Waals surface area contributed by atoms with Gasteiger partial charge in [-0.3, -0.25) is 0 Å². The highest BCUT2D eigenvalue weighted by atomic mass is 79.9. The Morgan fingerprint density at radius 2 is 2.06 bits per heavy atom. The smallest absolute Gasteiger partial charge is 0.103 e. The van der Waals surface area contributed by atoms with Crippen molar-refractivity contribution in [3.63, 3.8) is 0 Å². The minimum Gasteiger partial charge on any atom is -0.391 e. The Kier molecular flexibility index (Phi) is 6.17. The molecule has 0 aliphatic carbocycles. The zero-order valence-electron chi connectivity index (χ0n) is 10.8. The molecule has 0 amide bonds. The number of rotatable bonds is 6. The first-order chi connectivity index (χ1) is 8.63. The van der Waals surface area contributed by atoms with E-state index in [0.717, 1.165) is 23.0 Å². The maximum absolute atomic E-state index is 10.0. The van der Waals surface area contributed by atoms with Crippen molar-refractivity contribution in [1.29, 1.82) is 5.26 Å². The van der Waals surface area contributed by atoms with Gasteiger partial charge in [0.05, 0.1) is 17.4 Å². The number of hydrogen-bond acceptors (Lipinski definition) is 3. The van der Waals surface area contributed by atoms with E-state index in [1.807, 2.05) is 18.2 Å². The SMILES string of the molecule is CCC(CC)C(O)CNc1cccc(Br)c1C#N. The van der Waals surface area contributed by atoms with E-state index >= 15 is 0 Å². The van der Waals surface area contributed by atoms with Crippen LogP contribution in [0.4, 0.5) is 5.69 Å².